The van der Waals surface area contributed by atoms with E-state index in [0.717, 1.165) is 28.1 Å². The van der Waals surface area contributed by atoms with Crippen molar-refractivity contribution < 1.29 is 0 Å². The van der Waals surface area contributed by atoms with Gasteiger partial charge in [-0.2, -0.15) is 11.3 Å². The Morgan fingerprint density at radius 1 is 1.33 bits per heavy atom. The lowest BCUT2D eigenvalue weighted by atomic mass is 10.2. The third-order valence-corrected chi connectivity index (χ3v) is 4.46. The maximum Gasteiger partial charge on any atom is 0.106 e. The second-order valence-corrected chi connectivity index (χ2v) is 5.85. The van der Waals surface area contributed by atoms with Crippen molar-refractivity contribution in [3.8, 4) is 0 Å². The zero-order chi connectivity index (χ0) is 12.5. The van der Waals surface area contributed by atoms with Crippen molar-refractivity contribution in [1.29, 1.82) is 0 Å². The molecule has 5 heteroatoms. The highest BCUT2D eigenvalue weighted by Crippen LogP contribution is 2.32. The number of nitrogens with two attached hydrogens (primary N) is 1. The molecular formula is C13H13N3S2. The number of anilines is 2. The van der Waals surface area contributed by atoms with E-state index in [2.05, 4.69) is 45.9 Å². The van der Waals surface area contributed by atoms with E-state index in [0.29, 0.717) is 0 Å². The van der Waals surface area contributed by atoms with Gasteiger partial charge in [0.15, 0.2) is 0 Å². The Morgan fingerprint density at radius 2 is 2.22 bits per heavy atom. The lowest BCUT2D eigenvalue weighted by molar-refractivity contribution is 0.930. The summed E-state index contributed by atoms with van der Waals surface area (Å²) in [6, 6.07) is 6.30. The highest BCUT2D eigenvalue weighted by molar-refractivity contribution is 7.16. The van der Waals surface area contributed by atoms with Gasteiger partial charge in [0.25, 0.3) is 0 Å². The molecule has 1 aromatic carbocycles. The van der Waals surface area contributed by atoms with E-state index >= 15 is 0 Å². The van der Waals surface area contributed by atoms with Gasteiger partial charge in [-0.1, -0.05) is 0 Å². The maximum atomic E-state index is 6.20. The number of aromatic nitrogens is 1. The number of nitrogen functional groups attached to an aromatic ring is 1. The van der Waals surface area contributed by atoms with E-state index in [9.17, 15) is 0 Å². The van der Waals surface area contributed by atoms with Gasteiger partial charge < -0.3 is 10.6 Å². The molecule has 3 rings (SSSR count). The number of fused-ring (bicyclic) bond motifs is 1. The molecule has 2 aromatic heterocycles. The second-order valence-electron chi connectivity index (χ2n) is 4.19. The first-order chi connectivity index (χ1) is 8.75. The van der Waals surface area contributed by atoms with Crippen molar-refractivity contribution in [2.75, 3.05) is 17.7 Å². The van der Waals surface area contributed by atoms with Crippen molar-refractivity contribution in [3.05, 3.63) is 40.0 Å². The predicted molar refractivity (Wildman–Crippen MR) is 80.5 cm³/mol. The van der Waals surface area contributed by atoms with Gasteiger partial charge >= 0.3 is 0 Å². The Kier molecular flexibility index (Phi) is 2.93. The van der Waals surface area contributed by atoms with Crippen molar-refractivity contribution in [1.82, 2.24) is 4.98 Å². The third kappa shape index (κ3) is 1.95. The molecule has 0 bridgehead atoms. The molecule has 0 fully saturated rings. The molecule has 0 radical (unpaired) electrons. The van der Waals surface area contributed by atoms with Crippen molar-refractivity contribution in [2.45, 2.75) is 6.54 Å². The number of thiophene rings is 1. The number of rotatable bonds is 3. The summed E-state index contributed by atoms with van der Waals surface area (Å²) in [6.07, 6.45) is 0. The molecule has 18 heavy (non-hydrogen) atoms. The molecule has 0 aliphatic rings. The van der Waals surface area contributed by atoms with Crippen LogP contribution in [0, 0.1) is 0 Å². The summed E-state index contributed by atoms with van der Waals surface area (Å²) in [5.41, 5.74) is 12.1. The van der Waals surface area contributed by atoms with Crippen LogP contribution in [0.2, 0.25) is 0 Å². The monoisotopic (exact) mass is 275 g/mol. The number of benzene rings is 1. The minimum absolute atomic E-state index is 0.770. The SMILES string of the molecule is CN(Cc1ccsc1)c1ccc2scnc2c1N. The standard InChI is InChI=1S/C13H13N3S2/c1-16(6-9-4-5-17-7-9)10-2-3-11-13(12(10)14)15-8-18-11/h2-5,7-8H,6,14H2,1H3. The Hall–Kier alpha value is -1.59. The van der Waals surface area contributed by atoms with E-state index in [1.807, 2.05) is 5.51 Å². The third-order valence-electron chi connectivity index (χ3n) is 2.93. The molecule has 3 aromatic rings. The minimum Gasteiger partial charge on any atom is -0.395 e. The normalized spacial score (nSPS) is 10.9. The van der Waals surface area contributed by atoms with Gasteiger partial charge in [-0.3, -0.25) is 0 Å². The van der Waals surface area contributed by atoms with E-state index in [-0.39, 0.29) is 0 Å². The summed E-state index contributed by atoms with van der Waals surface area (Å²) in [7, 11) is 2.06. The molecule has 0 amide bonds. The zero-order valence-corrected chi connectivity index (χ0v) is 11.6. The van der Waals surface area contributed by atoms with Crippen LogP contribution in [0.1, 0.15) is 5.56 Å². The lowest BCUT2D eigenvalue weighted by Crippen LogP contribution is -2.17. The van der Waals surface area contributed by atoms with E-state index in [4.69, 9.17) is 5.73 Å². The zero-order valence-electron chi connectivity index (χ0n) is 9.96. The molecule has 0 atom stereocenters. The summed E-state index contributed by atoms with van der Waals surface area (Å²) in [5.74, 6) is 0. The minimum atomic E-state index is 0.770. The molecule has 0 saturated heterocycles. The molecule has 0 spiro atoms. The van der Waals surface area contributed by atoms with Crippen molar-refractivity contribution >= 4 is 44.3 Å². The molecule has 92 valence electrons. The summed E-state index contributed by atoms with van der Waals surface area (Å²) < 4.78 is 1.14. The van der Waals surface area contributed by atoms with E-state index in [1.165, 1.54) is 5.56 Å². The summed E-state index contributed by atoms with van der Waals surface area (Å²) in [4.78, 5) is 6.49. The maximum absolute atomic E-state index is 6.20. The largest absolute Gasteiger partial charge is 0.395 e. The van der Waals surface area contributed by atoms with Crippen LogP contribution in [-0.4, -0.2) is 12.0 Å². The van der Waals surface area contributed by atoms with Gasteiger partial charge in [0.1, 0.15) is 5.52 Å². The molecule has 2 N–H and O–H groups in total. The molecule has 0 aliphatic carbocycles. The smallest absolute Gasteiger partial charge is 0.106 e. The van der Waals surface area contributed by atoms with Crippen LogP contribution in [-0.2, 0) is 6.54 Å². The van der Waals surface area contributed by atoms with Crippen LogP contribution in [0.25, 0.3) is 10.2 Å². The summed E-state index contributed by atoms with van der Waals surface area (Å²) >= 11 is 3.34. The number of nitrogens with zero attached hydrogens (tertiary/aromatic N) is 2. The van der Waals surface area contributed by atoms with Crippen LogP contribution >= 0.6 is 22.7 Å². The first kappa shape index (κ1) is 11.5. The number of hydrogen-bond donors (Lipinski definition) is 1. The fourth-order valence-corrected chi connectivity index (χ4v) is 3.37. The second kappa shape index (κ2) is 4.59. The predicted octanol–water partition coefficient (Wildman–Crippen LogP) is 3.58. The molecule has 0 aliphatic heterocycles. The molecule has 0 unspecified atom stereocenters. The molecule has 3 nitrogen and oxygen atoms in total. The van der Waals surface area contributed by atoms with Crippen molar-refractivity contribution in [2.24, 2.45) is 0 Å². The summed E-state index contributed by atoms with van der Waals surface area (Å²) in [6.45, 7) is 0.864. The average molecular weight is 275 g/mol. The van der Waals surface area contributed by atoms with Gasteiger partial charge in [0.05, 0.1) is 21.6 Å². The fourth-order valence-electron chi connectivity index (χ4n) is 2.02. The Balaban J connectivity index is 1.95. The van der Waals surface area contributed by atoms with Gasteiger partial charge in [-0.15, -0.1) is 11.3 Å². The van der Waals surface area contributed by atoms with Gasteiger partial charge in [0, 0.05) is 13.6 Å². The Labute approximate surface area is 114 Å². The Bertz CT molecular complexity index is 658. The van der Waals surface area contributed by atoms with E-state index in [1.54, 1.807) is 22.7 Å². The van der Waals surface area contributed by atoms with Crippen LogP contribution < -0.4 is 10.6 Å². The first-order valence-electron chi connectivity index (χ1n) is 5.59. The average Bonchev–Trinajstić information content (AvgIpc) is 2.99. The van der Waals surface area contributed by atoms with Crippen LogP contribution in [0.3, 0.4) is 0 Å². The highest BCUT2D eigenvalue weighted by Gasteiger charge is 2.10. The summed E-state index contributed by atoms with van der Waals surface area (Å²) in [5, 5.41) is 4.25. The molecule has 2 heterocycles. The van der Waals surface area contributed by atoms with Crippen LogP contribution in [0.15, 0.2) is 34.5 Å². The topological polar surface area (TPSA) is 42.2 Å². The van der Waals surface area contributed by atoms with Gasteiger partial charge in [-0.05, 0) is 34.5 Å². The van der Waals surface area contributed by atoms with Crippen LogP contribution in [0.5, 0.6) is 0 Å². The van der Waals surface area contributed by atoms with Crippen molar-refractivity contribution in [3.63, 3.8) is 0 Å². The molecule has 0 saturated carbocycles. The first-order valence-corrected chi connectivity index (χ1v) is 7.42. The lowest BCUT2D eigenvalue weighted by Gasteiger charge is -2.20. The van der Waals surface area contributed by atoms with Crippen LogP contribution in [0.4, 0.5) is 11.4 Å². The number of hydrogen-bond acceptors (Lipinski definition) is 5. The van der Waals surface area contributed by atoms with Gasteiger partial charge in [-0.25, -0.2) is 4.98 Å². The number of thiazole rings is 1. The molecular weight excluding hydrogens is 262 g/mol. The quantitative estimate of drug-likeness (QED) is 0.743. The van der Waals surface area contributed by atoms with Gasteiger partial charge in [0.2, 0.25) is 0 Å². The fraction of sp³-hybridized carbons (Fsp3) is 0.154. The van der Waals surface area contributed by atoms with E-state index < -0.39 is 0 Å². The highest BCUT2D eigenvalue weighted by atomic mass is 32.1. The Morgan fingerprint density at radius 3 is 3.00 bits per heavy atom.